The molecule has 0 spiro atoms. The zero-order chi connectivity index (χ0) is 23.0. The summed E-state index contributed by atoms with van der Waals surface area (Å²) in [4.78, 5) is 13.1. The largest absolute Gasteiger partial charge is 0.352 e. The van der Waals surface area contributed by atoms with Gasteiger partial charge in [0.25, 0.3) is 0 Å². The van der Waals surface area contributed by atoms with E-state index in [1.807, 2.05) is 67.6 Å². The molecule has 0 radical (unpaired) electrons. The van der Waals surface area contributed by atoms with Crippen molar-refractivity contribution in [2.45, 2.75) is 43.2 Å². The summed E-state index contributed by atoms with van der Waals surface area (Å²) in [6.07, 6.45) is 1.81. The number of benzene rings is 3. The van der Waals surface area contributed by atoms with Gasteiger partial charge in [-0.15, -0.1) is 0 Å². The van der Waals surface area contributed by atoms with Gasteiger partial charge in [-0.25, -0.2) is 8.42 Å². The summed E-state index contributed by atoms with van der Waals surface area (Å²) in [7, 11) is -3.90. The molecule has 0 aliphatic carbocycles. The van der Waals surface area contributed by atoms with Gasteiger partial charge in [0.2, 0.25) is 15.9 Å². The Morgan fingerprint density at radius 1 is 0.875 bits per heavy atom. The van der Waals surface area contributed by atoms with Gasteiger partial charge in [-0.2, -0.15) is 4.72 Å². The Morgan fingerprint density at radius 2 is 1.44 bits per heavy atom. The molecule has 0 bridgehead atoms. The minimum absolute atomic E-state index is 0.0601. The zero-order valence-corrected chi connectivity index (χ0v) is 19.4. The third-order valence-corrected chi connectivity index (χ3v) is 6.86. The van der Waals surface area contributed by atoms with Crippen LogP contribution in [0.3, 0.4) is 0 Å². The molecule has 168 valence electrons. The average Bonchev–Trinajstić information content (AvgIpc) is 2.79. The van der Waals surface area contributed by atoms with E-state index in [1.54, 1.807) is 0 Å². The highest BCUT2D eigenvalue weighted by Gasteiger charge is 2.27. The van der Waals surface area contributed by atoms with E-state index in [1.165, 1.54) is 29.8 Å². The number of sulfonamides is 1. The number of aryl methyl sites for hydroxylation is 1. The van der Waals surface area contributed by atoms with Gasteiger partial charge in [0.1, 0.15) is 6.04 Å². The Morgan fingerprint density at radius 3 is 2.03 bits per heavy atom. The lowest BCUT2D eigenvalue weighted by Gasteiger charge is -2.22. The van der Waals surface area contributed by atoms with Crippen LogP contribution in [0.25, 0.3) is 0 Å². The third-order valence-electron chi connectivity index (χ3n) is 5.12. The second-order valence-corrected chi connectivity index (χ2v) is 9.90. The number of carbonyl (C=O) groups is 1. The van der Waals surface area contributed by atoms with Crippen molar-refractivity contribution in [2.75, 3.05) is 0 Å². The fourth-order valence-corrected chi connectivity index (χ4v) is 4.67. The summed E-state index contributed by atoms with van der Waals surface area (Å²) in [5, 5.41) is 3.41. The molecule has 0 aliphatic heterocycles. The van der Waals surface area contributed by atoms with Crippen molar-refractivity contribution < 1.29 is 13.2 Å². The van der Waals surface area contributed by atoms with Gasteiger partial charge in [-0.05, 0) is 61.6 Å². The monoisotopic (exact) mass is 470 g/mol. The number of hydrogen-bond acceptors (Lipinski definition) is 3. The highest BCUT2D eigenvalue weighted by Crippen LogP contribution is 2.15. The summed E-state index contributed by atoms with van der Waals surface area (Å²) < 4.78 is 28.4. The van der Waals surface area contributed by atoms with Gasteiger partial charge >= 0.3 is 0 Å². The quantitative estimate of drug-likeness (QED) is 0.462. The fraction of sp³-hybridized carbons (Fsp3) is 0.240. The van der Waals surface area contributed by atoms with Crippen molar-refractivity contribution in [2.24, 2.45) is 0 Å². The molecule has 0 saturated carbocycles. The predicted molar refractivity (Wildman–Crippen MR) is 128 cm³/mol. The predicted octanol–water partition coefficient (Wildman–Crippen LogP) is 4.37. The van der Waals surface area contributed by atoms with Crippen LogP contribution in [0.5, 0.6) is 0 Å². The first-order chi connectivity index (χ1) is 15.3. The van der Waals surface area contributed by atoms with Crippen LogP contribution < -0.4 is 10.0 Å². The molecule has 0 aromatic heterocycles. The molecule has 0 fully saturated rings. The lowest BCUT2D eigenvalue weighted by Crippen LogP contribution is -2.50. The van der Waals surface area contributed by atoms with Crippen molar-refractivity contribution in [3.8, 4) is 0 Å². The summed E-state index contributed by atoms with van der Waals surface area (Å²) in [5.41, 5.74) is 2.06. The van der Waals surface area contributed by atoms with Gasteiger partial charge < -0.3 is 5.32 Å². The Labute approximate surface area is 194 Å². The van der Waals surface area contributed by atoms with E-state index in [-0.39, 0.29) is 23.3 Å². The van der Waals surface area contributed by atoms with E-state index in [9.17, 15) is 13.2 Å². The first-order valence-electron chi connectivity index (χ1n) is 10.5. The zero-order valence-electron chi connectivity index (χ0n) is 17.9. The smallest absolute Gasteiger partial charge is 0.241 e. The number of halogens is 1. The van der Waals surface area contributed by atoms with Crippen molar-refractivity contribution in [3.05, 3.63) is 101 Å². The molecule has 3 aromatic rings. The molecule has 0 saturated heterocycles. The van der Waals surface area contributed by atoms with Gasteiger partial charge in [0, 0.05) is 11.1 Å². The molecule has 7 heteroatoms. The molecule has 2 atom stereocenters. The number of amides is 1. The first-order valence-corrected chi connectivity index (χ1v) is 12.4. The molecule has 3 rings (SSSR count). The van der Waals surface area contributed by atoms with Crippen molar-refractivity contribution in [3.63, 3.8) is 0 Å². The Bertz CT molecular complexity index is 1100. The van der Waals surface area contributed by atoms with Crippen LogP contribution in [0.2, 0.25) is 5.02 Å². The number of nitrogens with one attached hydrogen (secondary N) is 2. The van der Waals surface area contributed by atoms with E-state index in [2.05, 4.69) is 10.0 Å². The fourth-order valence-electron chi connectivity index (χ4n) is 3.35. The maximum Gasteiger partial charge on any atom is 0.241 e. The number of hydrogen-bond donors (Lipinski definition) is 2. The standard InChI is InChI=1S/C25H27ClN2O3S/c1-19(12-13-20-8-4-2-5-9-20)27-25(29)24(18-21-10-6-3-7-11-21)28-32(30,31)23-16-14-22(26)15-17-23/h2-11,14-17,19,24,28H,12-13,18H2,1H3,(H,27,29)/t19-,24+/m1/s1. The van der Waals surface area contributed by atoms with Gasteiger partial charge in [0.15, 0.2) is 0 Å². The van der Waals surface area contributed by atoms with E-state index < -0.39 is 16.1 Å². The SMILES string of the molecule is C[C@H](CCc1ccccc1)NC(=O)[C@H](Cc1ccccc1)NS(=O)(=O)c1ccc(Cl)cc1. The maximum absolute atomic E-state index is 13.1. The lowest BCUT2D eigenvalue weighted by molar-refractivity contribution is -0.123. The molecule has 3 aromatic carbocycles. The highest BCUT2D eigenvalue weighted by molar-refractivity contribution is 7.89. The van der Waals surface area contributed by atoms with Crippen molar-refractivity contribution in [1.82, 2.24) is 10.0 Å². The Balaban J connectivity index is 1.71. The summed E-state index contributed by atoms with van der Waals surface area (Å²) in [5.74, 6) is -0.355. The molecule has 0 heterocycles. The first kappa shape index (κ1) is 24.0. The number of rotatable bonds is 10. The molecule has 32 heavy (non-hydrogen) atoms. The van der Waals surface area contributed by atoms with Crippen LogP contribution in [0, 0.1) is 0 Å². The van der Waals surface area contributed by atoms with Gasteiger partial charge in [0.05, 0.1) is 4.90 Å². The molecule has 0 aliphatic rings. The molecular weight excluding hydrogens is 444 g/mol. The Hall–Kier alpha value is -2.67. The van der Waals surface area contributed by atoms with E-state index >= 15 is 0 Å². The lowest BCUT2D eigenvalue weighted by atomic mass is 10.0. The maximum atomic E-state index is 13.1. The summed E-state index contributed by atoms with van der Waals surface area (Å²) >= 11 is 5.88. The van der Waals surface area contributed by atoms with Crippen LogP contribution in [0.4, 0.5) is 0 Å². The van der Waals surface area contributed by atoms with Crippen molar-refractivity contribution in [1.29, 1.82) is 0 Å². The van der Waals surface area contributed by atoms with E-state index in [0.717, 1.165) is 18.4 Å². The molecule has 0 unspecified atom stereocenters. The van der Waals surface area contributed by atoms with E-state index in [0.29, 0.717) is 5.02 Å². The normalized spacial score (nSPS) is 13.3. The minimum Gasteiger partial charge on any atom is -0.352 e. The second-order valence-electron chi connectivity index (χ2n) is 7.75. The van der Waals surface area contributed by atoms with E-state index in [4.69, 9.17) is 11.6 Å². The molecule has 5 nitrogen and oxygen atoms in total. The van der Waals surface area contributed by atoms with Crippen molar-refractivity contribution >= 4 is 27.5 Å². The molecular formula is C25H27ClN2O3S. The van der Waals surface area contributed by atoms with Gasteiger partial charge in [-0.1, -0.05) is 72.3 Å². The molecule has 2 N–H and O–H groups in total. The minimum atomic E-state index is -3.90. The second kappa shape index (κ2) is 11.3. The van der Waals surface area contributed by atoms with Gasteiger partial charge in [-0.3, -0.25) is 4.79 Å². The topological polar surface area (TPSA) is 75.3 Å². The number of carbonyl (C=O) groups excluding carboxylic acids is 1. The Kier molecular flexibility index (Phi) is 8.45. The molecule has 1 amide bonds. The van der Waals surface area contributed by atoms with Crippen LogP contribution in [-0.2, 0) is 27.7 Å². The summed E-state index contributed by atoms with van der Waals surface area (Å²) in [6, 6.07) is 24.2. The van der Waals surface area contributed by atoms with Crippen LogP contribution >= 0.6 is 11.6 Å². The third kappa shape index (κ3) is 7.19. The van der Waals surface area contributed by atoms with Crippen LogP contribution in [0.15, 0.2) is 89.8 Å². The summed E-state index contributed by atoms with van der Waals surface area (Å²) in [6.45, 7) is 1.92. The highest BCUT2D eigenvalue weighted by atomic mass is 35.5. The average molecular weight is 471 g/mol. The van der Waals surface area contributed by atoms with Crippen LogP contribution in [0.1, 0.15) is 24.5 Å². The van der Waals surface area contributed by atoms with Crippen LogP contribution in [-0.4, -0.2) is 26.4 Å².